The molecule has 3 aromatic rings. The number of rotatable bonds is 4. The van der Waals surface area contributed by atoms with Gasteiger partial charge in [-0.25, -0.2) is 22.5 Å². The highest BCUT2D eigenvalue weighted by Gasteiger charge is 2.64. The molecule has 35 heavy (non-hydrogen) atoms. The van der Waals surface area contributed by atoms with Crippen LogP contribution in [0.2, 0.25) is 0 Å². The molecule has 0 aliphatic carbocycles. The number of nitrogens with zero attached hydrogens (tertiary/aromatic N) is 4. The van der Waals surface area contributed by atoms with Crippen molar-refractivity contribution < 1.29 is 27.3 Å². The molecule has 0 N–H and O–H groups in total. The van der Waals surface area contributed by atoms with E-state index in [2.05, 4.69) is 0 Å². The molecule has 0 spiro atoms. The highest BCUT2D eigenvalue weighted by molar-refractivity contribution is 7.89. The predicted octanol–water partition coefficient (Wildman–Crippen LogP) is 2.87. The third kappa shape index (κ3) is 2.93. The van der Waals surface area contributed by atoms with Crippen LogP contribution in [0, 0.1) is 15.9 Å². The van der Waals surface area contributed by atoms with Gasteiger partial charge in [-0.15, -0.1) is 0 Å². The minimum atomic E-state index is -4.01. The second-order valence-corrected chi connectivity index (χ2v) is 10.6. The standard InChI is InChI=1S/C23H17FN4O6S/c24-13-5-7-15(8-6-13)35(33,34)25-12-14-11-20(25)21-22(29)27(23(30)26(14)21)18-9-10-19(28(31)32)17-4-2-1-3-16(17)18/h1-10,14,20-21H,11-12H2. The van der Waals surface area contributed by atoms with Crippen LogP contribution in [0.25, 0.3) is 10.8 Å². The van der Waals surface area contributed by atoms with E-state index in [1.165, 1.54) is 33.5 Å². The molecule has 3 amide bonds. The van der Waals surface area contributed by atoms with Gasteiger partial charge >= 0.3 is 6.03 Å². The molecule has 0 saturated carbocycles. The number of benzene rings is 3. The van der Waals surface area contributed by atoms with Gasteiger partial charge in [-0.1, -0.05) is 18.2 Å². The maximum atomic E-state index is 13.6. The lowest BCUT2D eigenvalue weighted by molar-refractivity contribution is -0.383. The Morgan fingerprint density at radius 3 is 2.34 bits per heavy atom. The number of amides is 3. The number of carbonyl (C=O) groups is 2. The highest BCUT2D eigenvalue weighted by Crippen LogP contribution is 2.45. The second kappa shape index (κ2) is 7.30. The first kappa shape index (κ1) is 21.6. The number of hydrogen-bond acceptors (Lipinski definition) is 6. The van der Waals surface area contributed by atoms with E-state index in [9.17, 15) is 32.5 Å². The van der Waals surface area contributed by atoms with Crippen LogP contribution >= 0.6 is 0 Å². The van der Waals surface area contributed by atoms with Crippen molar-refractivity contribution in [3.05, 3.63) is 76.6 Å². The summed E-state index contributed by atoms with van der Waals surface area (Å²) in [6, 6.07) is 10.7. The molecule has 6 rings (SSSR count). The summed E-state index contributed by atoms with van der Waals surface area (Å²) < 4.78 is 41.0. The Morgan fingerprint density at radius 2 is 1.66 bits per heavy atom. The molecule has 3 fully saturated rings. The largest absolute Gasteiger partial charge is 0.332 e. The molecule has 3 saturated heterocycles. The summed E-state index contributed by atoms with van der Waals surface area (Å²) in [6.45, 7) is 0.0226. The zero-order valence-corrected chi connectivity index (χ0v) is 18.8. The Hall–Kier alpha value is -3.90. The fraction of sp³-hybridized carbons (Fsp3) is 0.217. The smallest absolute Gasteiger partial charge is 0.306 e. The predicted molar refractivity (Wildman–Crippen MR) is 122 cm³/mol. The minimum absolute atomic E-state index is 0.0226. The van der Waals surface area contributed by atoms with E-state index in [1.54, 1.807) is 24.3 Å². The Kier molecular flexibility index (Phi) is 4.51. The number of imide groups is 1. The molecule has 3 atom stereocenters. The molecule has 178 valence electrons. The van der Waals surface area contributed by atoms with Gasteiger partial charge in [-0.05, 0) is 42.8 Å². The lowest BCUT2D eigenvalue weighted by atomic mass is 10.1. The maximum Gasteiger partial charge on any atom is 0.332 e. The average Bonchev–Trinajstić information content (AvgIpc) is 3.50. The van der Waals surface area contributed by atoms with E-state index >= 15 is 0 Å². The van der Waals surface area contributed by atoms with Crippen molar-refractivity contribution in [1.82, 2.24) is 9.21 Å². The molecule has 0 aromatic heterocycles. The van der Waals surface area contributed by atoms with Gasteiger partial charge in [0.2, 0.25) is 10.0 Å². The number of hydrogen-bond donors (Lipinski definition) is 0. The first-order valence-corrected chi connectivity index (χ1v) is 12.2. The van der Waals surface area contributed by atoms with Gasteiger partial charge in [0.15, 0.2) is 0 Å². The first-order valence-electron chi connectivity index (χ1n) is 10.8. The summed E-state index contributed by atoms with van der Waals surface area (Å²) in [5.74, 6) is -1.15. The fourth-order valence-electron chi connectivity index (χ4n) is 5.48. The SMILES string of the molecule is O=C1C2C3CC(CN3S(=O)(=O)c3ccc(F)cc3)N2C(=O)N1c1ccc([N+](=O)[O-])c2ccccc12. The van der Waals surface area contributed by atoms with Gasteiger partial charge in [0.05, 0.1) is 26.9 Å². The van der Waals surface area contributed by atoms with Gasteiger partial charge in [0.1, 0.15) is 11.9 Å². The molecule has 3 aromatic carbocycles. The highest BCUT2D eigenvalue weighted by atomic mass is 32.2. The number of anilines is 1. The van der Waals surface area contributed by atoms with Crippen molar-refractivity contribution in [3.8, 4) is 0 Å². The lowest BCUT2D eigenvalue weighted by Crippen LogP contribution is -2.54. The van der Waals surface area contributed by atoms with E-state index in [-0.39, 0.29) is 28.2 Å². The van der Waals surface area contributed by atoms with Crippen molar-refractivity contribution in [2.24, 2.45) is 0 Å². The topological polar surface area (TPSA) is 121 Å². The Morgan fingerprint density at radius 1 is 0.971 bits per heavy atom. The molecule has 10 nitrogen and oxygen atoms in total. The normalized spacial score (nSPS) is 24.0. The number of fused-ring (bicyclic) bond motifs is 6. The van der Waals surface area contributed by atoms with Crippen molar-refractivity contribution in [1.29, 1.82) is 0 Å². The number of carbonyl (C=O) groups excluding carboxylic acids is 2. The third-order valence-electron chi connectivity index (χ3n) is 6.95. The third-order valence-corrected chi connectivity index (χ3v) is 8.86. The van der Waals surface area contributed by atoms with E-state index in [1.807, 2.05) is 0 Å². The number of non-ortho nitro benzene ring substituents is 1. The fourth-order valence-corrected chi connectivity index (χ4v) is 7.15. The first-order chi connectivity index (χ1) is 16.7. The quantitative estimate of drug-likeness (QED) is 0.311. The molecular weight excluding hydrogens is 479 g/mol. The summed E-state index contributed by atoms with van der Waals surface area (Å²) in [6.07, 6.45) is 0.317. The van der Waals surface area contributed by atoms with Crippen LogP contribution < -0.4 is 4.90 Å². The van der Waals surface area contributed by atoms with E-state index in [0.717, 1.165) is 17.0 Å². The number of nitro groups is 1. The number of urea groups is 1. The molecule has 0 radical (unpaired) electrons. The Labute approximate surface area is 198 Å². The van der Waals surface area contributed by atoms with Gasteiger partial charge in [0, 0.05) is 24.0 Å². The Bertz CT molecular complexity index is 1540. The van der Waals surface area contributed by atoms with Crippen molar-refractivity contribution >= 4 is 44.1 Å². The second-order valence-electron chi connectivity index (χ2n) is 8.70. The van der Waals surface area contributed by atoms with Crippen molar-refractivity contribution in [3.63, 3.8) is 0 Å². The summed E-state index contributed by atoms with van der Waals surface area (Å²) >= 11 is 0. The van der Waals surface area contributed by atoms with Crippen molar-refractivity contribution in [2.75, 3.05) is 11.4 Å². The van der Waals surface area contributed by atoms with Gasteiger partial charge < -0.3 is 4.90 Å². The molecule has 3 heterocycles. The van der Waals surface area contributed by atoms with Crippen LogP contribution in [0.3, 0.4) is 0 Å². The van der Waals surface area contributed by atoms with E-state index < -0.39 is 50.8 Å². The summed E-state index contributed by atoms with van der Waals surface area (Å²) in [7, 11) is -4.01. The summed E-state index contributed by atoms with van der Waals surface area (Å²) in [5.41, 5.74) is 0.0588. The lowest BCUT2D eigenvalue weighted by Gasteiger charge is -2.34. The van der Waals surface area contributed by atoms with Crippen molar-refractivity contribution in [2.45, 2.75) is 29.4 Å². The maximum absolute atomic E-state index is 13.6. The van der Waals surface area contributed by atoms with Crippen LogP contribution in [0.1, 0.15) is 6.42 Å². The number of nitro benzene ring substituents is 1. The van der Waals surface area contributed by atoms with E-state index in [0.29, 0.717) is 11.8 Å². The summed E-state index contributed by atoms with van der Waals surface area (Å²) in [5, 5.41) is 12.1. The van der Waals surface area contributed by atoms with E-state index in [4.69, 9.17) is 0 Å². The minimum Gasteiger partial charge on any atom is -0.306 e. The zero-order valence-electron chi connectivity index (χ0n) is 17.9. The number of sulfonamides is 1. The molecule has 2 bridgehead atoms. The molecule has 12 heteroatoms. The van der Waals surface area contributed by atoms with Crippen LogP contribution in [0.15, 0.2) is 65.6 Å². The summed E-state index contributed by atoms with van der Waals surface area (Å²) in [4.78, 5) is 40.2. The van der Waals surface area contributed by atoms with Crippen LogP contribution in [-0.4, -0.2) is 59.2 Å². The molecular formula is C23H17FN4O6S. The monoisotopic (exact) mass is 496 g/mol. The van der Waals surface area contributed by atoms with Gasteiger partial charge in [0.25, 0.3) is 11.6 Å². The number of halogens is 1. The zero-order chi connectivity index (χ0) is 24.6. The molecule has 3 aliphatic heterocycles. The van der Waals surface area contributed by atoms with Gasteiger partial charge in [-0.3, -0.25) is 14.9 Å². The van der Waals surface area contributed by atoms with Crippen LogP contribution in [0.5, 0.6) is 0 Å². The van der Waals surface area contributed by atoms with Crippen LogP contribution in [-0.2, 0) is 14.8 Å². The van der Waals surface area contributed by atoms with Gasteiger partial charge in [-0.2, -0.15) is 4.31 Å². The average molecular weight is 496 g/mol. The Balaban J connectivity index is 1.39. The molecule has 3 unspecified atom stereocenters. The molecule has 3 aliphatic rings. The number of piperazine rings is 1. The van der Waals surface area contributed by atoms with Crippen LogP contribution in [0.4, 0.5) is 20.6 Å².